The predicted molar refractivity (Wildman–Crippen MR) is 102 cm³/mol. The molecule has 0 saturated carbocycles. The molecule has 3 rings (SSSR count). The van der Waals surface area contributed by atoms with Crippen LogP contribution in [0.1, 0.15) is 31.2 Å². The van der Waals surface area contributed by atoms with E-state index in [4.69, 9.17) is 0 Å². The monoisotopic (exact) mass is 394 g/mol. The van der Waals surface area contributed by atoms with Gasteiger partial charge in [-0.2, -0.15) is 0 Å². The molecule has 0 aromatic heterocycles. The van der Waals surface area contributed by atoms with Crippen molar-refractivity contribution in [2.45, 2.75) is 44.1 Å². The Kier molecular flexibility index (Phi) is 6.04. The van der Waals surface area contributed by atoms with E-state index >= 15 is 0 Å². The second-order valence-corrected chi connectivity index (χ2v) is 10.0. The molecule has 1 aliphatic rings. The summed E-state index contributed by atoms with van der Waals surface area (Å²) in [7, 11) is -0.688. The van der Waals surface area contributed by atoms with Gasteiger partial charge in [0.15, 0.2) is 11.6 Å². The fraction of sp³-hybridized carbons (Fsp3) is 0.333. The second kappa shape index (κ2) is 8.29. The molecular weight excluding hydrogens is 372 g/mol. The van der Waals surface area contributed by atoms with Crippen LogP contribution in [0.3, 0.4) is 0 Å². The Morgan fingerprint density at radius 2 is 1.63 bits per heavy atom. The maximum absolute atomic E-state index is 13.9. The van der Waals surface area contributed by atoms with Gasteiger partial charge in [-0.25, -0.2) is 4.39 Å². The van der Waals surface area contributed by atoms with E-state index in [0.717, 1.165) is 17.7 Å². The fourth-order valence-electron chi connectivity index (χ4n) is 3.75. The van der Waals surface area contributed by atoms with Crippen molar-refractivity contribution in [3.05, 3.63) is 65.6 Å². The smallest absolute Gasteiger partial charge is 0.403 e. The van der Waals surface area contributed by atoms with Gasteiger partial charge in [0.2, 0.25) is 0 Å². The molecule has 1 saturated heterocycles. The molecule has 0 bridgehead atoms. The Hall–Kier alpha value is -2.08. The quantitative estimate of drug-likeness (QED) is 0.419. The third-order valence-electron chi connectivity index (χ3n) is 5.11. The van der Waals surface area contributed by atoms with Crippen LogP contribution >= 0.6 is 0 Å². The molecule has 0 spiro atoms. The first-order valence-corrected chi connectivity index (χ1v) is 11.4. The summed E-state index contributed by atoms with van der Waals surface area (Å²) >= 11 is 0. The minimum atomic E-state index is -4.90. The zero-order valence-corrected chi connectivity index (χ0v) is 16.3. The zero-order valence-electron chi connectivity index (χ0n) is 15.1. The SMILES string of the molecule is C/C=C/[SiH]1CCC(c2ccc(-c3ccc(OC(F)(F)F)c(F)c3)cc2)CC1. The Balaban J connectivity index is 1.70. The average molecular weight is 394 g/mol. The summed E-state index contributed by atoms with van der Waals surface area (Å²) in [5.41, 5.74) is 5.00. The molecule has 144 valence electrons. The molecule has 27 heavy (non-hydrogen) atoms. The lowest BCUT2D eigenvalue weighted by Crippen LogP contribution is -2.18. The lowest BCUT2D eigenvalue weighted by atomic mass is 9.92. The molecule has 0 amide bonds. The van der Waals surface area contributed by atoms with Crippen molar-refractivity contribution in [3.8, 4) is 16.9 Å². The van der Waals surface area contributed by atoms with E-state index < -0.39 is 26.7 Å². The first-order valence-electron chi connectivity index (χ1n) is 9.14. The summed E-state index contributed by atoms with van der Waals surface area (Å²) in [5, 5.41) is 0. The van der Waals surface area contributed by atoms with Gasteiger partial charge in [-0.3, -0.25) is 0 Å². The number of hydrogen-bond acceptors (Lipinski definition) is 1. The summed E-state index contributed by atoms with van der Waals surface area (Å²) in [6.07, 6.45) is -0.313. The van der Waals surface area contributed by atoms with Gasteiger partial charge in [0, 0.05) is 0 Å². The third-order valence-corrected chi connectivity index (χ3v) is 8.19. The highest BCUT2D eigenvalue weighted by atomic mass is 28.3. The minimum Gasteiger partial charge on any atom is -0.403 e. The van der Waals surface area contributed by atoms with Gasteiger partial charge < -0.3 is 4.74 Å². The van der Waals surface area contributed by atoms with Crippen LogP contribution in [0, 0.1) is 5.82 Å². The first-order chi connectivity index (χ1) is 12.9. The number of hydrogen-bond donors (Lipinski definition) is 0. The molecular formula is C21H22F4OSi. The van der Waals surface area contributed by atoms with Crippen molar-refractivity contribution in [2.75, 3.05) is 0 Å². The highest BCUT2D eigenvalue weighted by Gasteiger charge is 2.32. The topological polar surface area (TPSA) is 9.23 Å². The standard InChI is InChI=1S/C21H22F4OSi/c1-2-11-27-12-9-17(10-13-27)15-3-5-16(6-4-15)18-7-8-20(19(22)14-18)26-21(23,24)25/h2-8,11,14,17,27H,9-10,12-13H2,1H3/b11-2+. The molecule has 0 atom stereocenters. The van der Waals surface area contributed by atoms with Crippen LogP contribution in [0.5, 0.6) is 5.75 Å². The van der Waals surface area contributed by atoms with Gasteiger partial charge in [-0.05, 0) is 54.5 Å². The zero-order chi connectivity index (χ0) is 19.4. The number of ether oxygens (including phenoxy) is 1. The van der Waals surface area contributed by atoms with Crippen LogP contribution in [-0.4, -0.2) is 15.2 Å². The normalized spacial score (nSPS) is 20.8. The van der Waals surface area contributed by atoms with Crippen molar-refractivity contribution >= 4 is 8.80 Å². The summed E-state index contributed by atoms with van der Waals surface area (Å²) in [6.45, 7) is 2.09. The Morgan fingerprint density at radius 3 is 2.19 bits per heavy atom. The molecule has 0 radical (unpaired) electrons. The van der Waals surface area contributed by atoms with E-state index in [0.29, 0.717) is 11.5 Å². The van der Waals surface area contributed by atoms with Crippen LogP contribution in [0.25, 0.3) is 11.1 Å². The molecule has 2 aromatic carbocycles. The van der Waals surface area contributed by atoms with Crippen LogP contribution in [-0.2, 0) is 0 Å². The van der Waals surface area contributed by atoms with Gasteiger partial charge in [0.25, 0.3) is 0 Å². The molecule has 1 nitrogen and oxygen atoms in total. The van der Waals surface area contributed by atoms with Gasteiger partial charge >= 0.3 is 6.36 Å². The predicted octanol–water partition coefficient (Wildman–Crippen LogP) is 6.61. The first kappa shape index (κ1) is 19.7. The third kappa shape index (κ3) is 5.22. The van der Waals surface area contributed by atoms with Crippen molar-refractivity contribution in [1.82, 2.24) is 0 Å². The minimum absolute atomic E-state index is 0.526. The summed E-state index contributed by atoms with van der Waals surface area (Å²) < 4.78 is 54.3. The maximum Gasteiger partial charge on any atom is 0.573 e. The fourth-order valence-corrected chi connectivity index (χ4v) is 6.63. The highest BCUT2D eigenvalue weighted by molar-refractivity contribution is 6.64. The van der Waals surface area contributed by atoms with Crippen molar-refractivity contribution in [2.24, 2.45) is 0 Å². The van der Waals surface area contributed by atoms with Crippen molar-refractivity contribution in [1.29, 1.82) is 0 Å². The van der Waals surface area contributed by atoms with E-state index in [1.165, 1.54) is 36.6 Å². The molecule has 6 heteroatoms. The van der Waals surface area contributed by atoms with Gasteiger partial charge in [0.1, 0.15) is 0 Å². The second-order valence-electron chi connectivity index (χ2n) is 6.95. The summed E-state index contributed by atoms with van der Waals surface area (Å²) in [5.74, 6) is -1.28. The Labute approximate surface area is 158 Å². The van der Waals surface area contributed by atoms with Gasteiger partial charge in [0.05, 0.1) is 8.80 Å². The number of benzene rings is 2. The Morgan fingerprint density at radius 1 is 1.00 bits per heavy atom. The molecule has 2 aromatic rings. The lowest BCUT2D eigenvalue weighted by Gasteiger charge is -2.26. The molecule has 1 aliphatic heterocycles. The van der Waals surface area contributed by atoms with Crippen molar-refractivity contribution in [3.63, 3.8) is 0 Å². The van der Waals surface area contributed by atoms with Gasteiger partial charge in [-0.15, -0.1) is 18.9 Å². The molecule has 0 aliphatic carbocycles. The summed E-state index contributed by atoms with van der Waals surface area (Å²) in [6, 6.07) is 14.1. The van der Waals surface area contributed by atoms with E-state index in [-0.39, 0.29) is 0 Å². The van der Waals surface area contributed by atoms with E-state index in [1.807, 2.05) is 12.1 Å². The Bertz CT molecular complexity index is 791. The molecule has 1 heterocycles. The largest absolute Gasteiger partial charge is 0.573 e. The number of allylic oxidation sites excluding steroid dienone is 1. The molecule has 1 fully saturated rings. The van der Waals surface area contributed by atoms with Crippen LogP contribution in [0.15, 0.2) is 54.2 Å². The summed E-state index contributed by atoms with van der Waals surface area (Å²) in [4.78, 5) is 0. The van der Waals surface area contributed by atoms with E-state index in [9.17, 15) is 17.6 Å². The number of rotatable bonds is 4. The van der Waals surface area contributed by atoms with E-state index in [2.05, 4.69) is 35.6 Å². The molecule has 0 unspecified atom stereocenters. The average Bonchev–Trinajstić information content (AvgIpc) is 2.63. The molecule has 0 N–H and O–H groups in total. The van der Waals surface area contributed by atoms with Gasteiger partial charge in [-0.1, -0.05) is 48.5 Å². The number of halogens is 4. The number of alkyl halides is 3. The maximum atomic E-state index is 13.9. The lowest BCUT2D eigenvalue weighted by molar-refractivity contribution is -0.275. The van der Waals surface area contributed by atoms with Crippen LogP contribution in [0.4, 0.5) is 17.6 Å². The van der Waals surface area contributed by atoms with Crippen LogP contribution < -0.4 is 4.74 Å². The van der Waals surface area contributed by atoms with E-state index in [1.54, 1.807) is 0 Å². The highest BCUT2D eigenvalue weighted by Crippen LogP contribution is 2.35. The van der Waals surface area contributed by atoms with Crippen molar-refractivity contribution < 1.29 is 22.3 Å². The van der Waals surface area contributed by atoms with Crippen LogP contribution in [0.2, 0.25) is 12.1 Å².